The van der Waals surface area contributed by atoms with Crippen LogP contribution in [0.2, 0.25) is 0 Å². The first-order chi connectivity index (χ1) is 10.0. The van der Waals surface area contributed by atoms with E-state index < -0.39 is 0 Å². The molecule has 0 aromatic heterocycles. The number of amides is 2. The molecular weight excluding hydrogens is 282 g/mol. The van der Waals surface area contributed by atoms with Crippen LogP contribution in [0.4, 0.5) is 10.5 Å². The number of hydrogen-bond acceptors (Lipinski definition) is 3. The van der Waals surface area contributed by atoms with Gasteiger partial charge in [-0.1, -0.05) is 36.9 Å². The molecule has 1 atom stereocenters. The van der Waals surface area contributed by atoms with Crippen LogP contribution >= 0.6 is 11.8 Å². The molecule has 4 nitrogen and oxygen atoms in total. The number of benzene rings is 1. The van der Waals surface area contributed by atoms with Gasteiger partial charge in [-0.05, 0) is 39.3 Å². The van der Waals surface area contributed by atoms with E-state index in [-0.39, 0.29) is 18.1 Å². The molecule has 5 heteroatoms. The molecule has 0 saturated carbocycles. The van der Waals surface area contributed by atoms with Gasteiger partial charge in [-0.15, -0.1) is 0 Å². The zero-order valence-corrected chi connectivity index (χ0v) is 13.9. The van der Waals surface area contributed by atoms with Crippen molar-refractivity contribution in [3.63, 3.8) is 0 Å². The molecule has 2 rings (SSSR count). The summed E-state index contributed by atoms with van der Waals surface area (Å²) in [6.07, 6.45) is 0.979. The van der Waals surface area contributed by atoms with Gasteiger partial charge >= 0.3 is 6.03 Å². The first-order valence-electron chi connectivity index (χ1n) is 7.41. The Morgan fingerprint density at radius 3 is 2.48 bits per heavy atom. The molecule has 1 unspecified atom stereocenters. The van der Waals surface area contributed by atoms with Gasteiger partial charge in [-0.2, -0.15) is 0 Å². The molecule has 1 aromatic rings. The van der Waals surface area contributed by atoms with E-state index in [1.54, 1.807) is 21.6 Å². The number of rotatable bonds is 4. The first kappa shape index (κ1) is 15.9. The highest BCUT2D eigenvalue weighted by Crippen LogP contribution is 2.28. The number of aliphatic imine (C=N–C) groups is 1. The second-order valence-corrected chi connectivity index (χ2v) is 6.36. The normalized spacial score (nSPS) is 19.5. The third kappa shape index (κ3) is 3.59. The van der Waals surface area contributed by atoms with Crippen molar-refractivity contribution in [1.29, 1.82) is 0 Å². The molecule has 21 heavy (non-hydrogen) atoms. The van der Waals surface area contributed by atoms with Gasteiger partial charge in [0.2, 0.25) is 0 Å². The minimum Gasteiger partial charge on any atom is -0.284 e. The van der Waals surface area contributed by atoms with Crippen molar-refractivity contribution < 1.29 is 4.79 Å². The predicted molar refractivity (Wildman–Crippen MR) is 90.9 cm³/mol. The fraction of sp³-hybridized carbons (Fsp3) is 0.500. The molecule has 0 radical (unpaired) electrons. The lowest BCUT2D eigenvalue weighted by atomic mass is 10.3. The van der Waals surface area contributed by atoms with E-state index in [0.717, 1.165) is 17.3 Å². The van der Waals surface area contributed by atoms with Crippen molar-refractivity contribution in [3.05, 3.63) is 30.3 Å². The molecular formula is C16H23N3OS. The van der Waals surface area contributed by atoms with Gasteiger partial charge < -0.3 is 0 Å². The molecule has 1 aliphatic heterocycles. The standard InChI is InChI=1S/C16H23N3OS/c1-5-13(4)17-15-19(12(2)3)16(20)18(11-21-15)14-9-7-6-8-10-14/h6-10,12-13H,5,11H2,1-4H3. The van der Waals surface area contributed by atoms with Crippen LogP contribution < -0.4 is 4.90 Å². The van der Waals surface area contributed by atoms with Crippen LogP contribution in [-0.2, 0) is 0 Å². The number of nitrogens with zero attached hydrogens (tertiary/aromatic N) is 3. The van der Waals surface area contributed by atoms with Gasteiger partial charge in [0.15, 0.2) is 5.17 Å². The Hall–Kier alpha value is -1.49. The summed E-state index contributed by atoms with van der Waals surface area (Å²) in [5.74, 6) is 0.612. The van der Waals surface area contributed by atoms with E-state index in [4.69, 9.17) is 4.99 Å². The summed E-state index contributed by atoms with van der Waals surface area (Å²) in [6, 6.07) is 10.1. The number of thioether (sulfide) groups is 1. The number of para-hydroxylation sites is 1. The fourth-order valence-corrected chi connectivity index (χ4v) is 3.26. The molecule has 0 N–H and O–H groups in total. The predicted octanol–water partition coefficient (Wildman–Crippen LogP) is 4.18. The van der Waals surface area contributed by atoms with Crippen LogP contribution in [-0.4, -0.2) is 34.1 Å². The second-order valence-electron chi connectivity index (χ2n) is 5.45. The van der Waals surface area contributed by atoms with Crippen LogP contribution in [0.3, 0.4) is 0 Å². The van der Waals surface area contributed by atoms with Crippen molar-refractivity contribution in [2.75, 3.05) is 10.8 Å². The Labute approximate surface area is 131 Å². The highest BCUT2D eigenvalue weighted by molar-refractivity contribution is 8.14. The third-order valence-corrected chi connectivity index (χ3v) is 4.42. The number of carbonyl (C=O) groups excluding carboxylic acids is 1. The summed E-state index contributed by atoms with van der Waals surface area (Å²) in [5, 5.41) is 0.844. The largest absolute Gasteiger partial charge is 0.331 e. The number of anilines is 1. The summed E-state index contributed by atoms with van der Waals surface area (Å²) in [6.45, 7) is 8.25. The van der Waals surface area contributed by atoms with Crippen molar-refractivity contribution in [2.24, 2.45) is 4.99 Å². The zero-order chi connectivity index (χ0) is 15.4. The number of hydrogen-bond donors (Lipinski definition) is 0. The maximum atomic E-state index is 12.8. The SMILES string of the molecule is CCC(C)N=C1SCN(c2ccccc2)C(=O)N1C(C)C. The molecule has 1 aromatic carbocycles. The molecule has 114 valence electrons. The lowest BCUT2D eigenvalue weighted by Crippen LogP contribution is -2.53. The highest BCUT2D eigenvalue weighted by atomic mass is 32.2. The van der Waals surface area contributed by atoms with Crippen LogP contribution in [0.5, 0.6) is 0 Å². The van der Waals surface area contributed by atoms with E-state index in [1.165, 1.54) is 0 Å². The van der Waals surface area contributed by atoms with Crippen LogP contribution in [0.15, 0.2) is 35.3 Å². The number of urea groups is 1. The minimum atomic E-state index is 0.0111. The van der Waals surface area contributed by atoms with E-state index in [1.807, 2.05) is 44.2 Å². The lowest BCUT2D eigenvalue weighted by Gasteiger charge is -2.38. The smallest absolute Gasteiger partial charge is 0.284 e. The summed E-state index contributed by atoms with van der Waals surface area (Å²) < 4.78 is 0. The molecule has 0 aliphatic carbocycles. The quantitative estimate of drug-likeness (QED) is 0.836. The summed E-state index contributed by atoms with van der Waals surface area (Å²) in [4.78, 5) is 21.1. The monoisotopic (exact) mass is 305 g/mol. The molecule has 1 saturated heterocycles. The van der Waals surface area contributed by atoms with Crippen LogP contribution in [0.25, 0.3) is 0 Å². The van der Waals surface area contributed by atoms with Gasteiger partial charge in [-0.3, -0.25) is 14.8 Å². The zero-order valence-electron chi connectivity index (χ0n) is 13.1. The van der Waals surface area contributed by atoms with Crippen LogP contribution in [0.1, 0.15) is 34.1 Å². The Balaban J connectivity index is 2.28. The van der Waals surface area contributed by atoms with Gasteiger partial charge in [0.05, 0.1) is 5.88 Å². The Morgan fingerprint density at radius 1 is 1.24 bits per heavy atom. The second kappa shape index (κ2) is 6.98. The van der Waals surface area contributed by atoms with Crippen molar-refractivity contribution in [1.82, 2.24) is 4.90 Å². The number of carbonyl (C=O) groups is 1. The summed E-state index contributed by atoms with van der Waals surface area (Å²) in [7, 11) is 0. The Kier molecular flexibility index (Phi) is 5.28. The molecule has 1 heterocycles. The topological polar surface area (TPSA) is 35.9 Å². The first-order valence-corrected chi connectivity index (χ1v) is 8.39. The van der Waals surface area contributed by atoms with E-state index in [9.17, 15) is 4.79 Å². The molecule has 2 amide bonds. The summed E-state index contributed by atoms with van der Waals surface area (Å²) in [5.41, 5.74) is 0.934. The fourth-order valence-electron chi connectivity index (χ4n) is 2.07. The highest BCUT2D eigenvalue weighted by Gasteiger charge is 2.33. The van der Waals surface area contributed by atoms with Crippen molar-refractivity contribution in [3.8, 4) is 0 Å². The maximum absolute atomic E-state index is 12.8. The summed E-state index contributed by atoms with van der Waals surface area (Å²) >= 11 is 1.63. The Bertz CT molecular complexity index is 516. The van der Waals surface area contributed by atoms with Gasteiger partial charge in [-0.25, -0.2) is 4.79 Å². The third-order valence-electron chi connectivity index (χ3n) is 3.47. The molecule has 1 aliphatic rings. The number of amidine groups is 1. The molecule has 1 fully saturated rings. The van der Waals surface area contributed by atoms with E-state index in [0.29, 0.717) is 5.88 Å². The molecule has 0 bridgehead atoms. The van der Waals surface area contributed by atoms with Crippen molar-refractivity contribution >= 4 is 28.6 Å². The molecule has 0 spiro atoms. The van der Waals surface area contributed by atoms with Gasteiger partial charge in [0.25, 0.3) is 0 Å². The van der Waals surface area contributed by atoms with Crippen molar-refractivity contribution in [2.45, 2.75) is 46.2 Å². The van der Waals surface area contributed by atoms with E-state index in [2.05, 4.69) is 13.8 Å². The van der Waals surface area contributed by atoms with E-state index >= 15 is 0 Å². The average molecular weight is 305 g/mol. The Morgan fingerprint density at radius 2 is 1.90 bits per heavy atom. The van der Waals surface area contributed by atoms with Gasteiger partial charge in [0, 0.05) is 17.8 Å². The lowest BCUT2D eigenvalue weighted by molar-refractivity contribution is 0.220. The average Bonchev–Trinajstić information content (AvgIpc) is 2.47. The minimum absolute atomic E-state index is 0.0111. The van der Waals surface area contributed by atoms with Gasteiger partial charge in [0.1, 0.15) is 0 Å². The maximum Gasteiger partial charge on any atom is 0.331 e. The van der Waals surface area contributed by atoms with Crippen LogP contribution in [0, 0.1) is 0 Å².